The maximum absolute atomic E-state index is 8.65. The number of aliphatic hydroxyl groups excluding tert-OH is 1. The molecule has 0 bridgehead atoms. The molecule has 4 heteroatoms. The minimum absolute atomic E-state index is 0.256. The molecule has 15 heavy (non-hydrogen) atoms. The molecule has 1 aliphatic rings. The van der Waals surface area contributed by atoms with Crippen LogP contribution in [0.4, 0.5) is 0 Å². The highest BCUT2D eigenvalue weighted by molar-refractivity contribution is 5.11. The van der Waals surface area contributed by atoms with Crippen molar-refractivity contribution in [2.45, 2.75) is 32.2 Å². The average molecular weight is 210 g/mol. The van der Waals surface area contributed by atoms with Gasteiger partial charge in [-0.15, -0.1) is 0 Å². The molecule has 2 rings (SSSR count). The maximum Gasteiger partial charge on any atom is 0.157 e. The van der Waals surface area contributed by atoms with E-state index >= 15 is 0 Å². The third kappa shape index (κ3) is 3.55. The van der Waals surface area contributed by atoms with E-state index in [2.05, 4.69) is 5.10 Å². The Morgan fingerprint density at radius 3 is 3.07 bits per heavy atom. The van der Waals surface area contributed by atoms with E-state index in [0.717, 1.165) is 37.7 Å². The number of nitrogens with zero attached hydrogens (tertiary/aromatic N) is 2. The van der Waals surface area contributed by atoms with Gasteiger partial charge in [-0.1, -0.05) is 0 Å². The fourth-order valence-corrected chi connectivity index (χ4v) is 1.43. The van der Waals surface area contributed by atoms with Crippen LogP contribution in [0.2, 0.25) is 0 Å². The molecule has 1 saturated carbocycles. The Morgan fingerprint density at radius 1 is 1.47 bits per heavy atom. The summed E-state index contributed by atoms with van der Waals surface area (Å²) < 4.78 is 7.46. The van der Waals surface area contributed by atoms with Crippen LogP contribution in [0.15, 0.2) is 12.4 Å². The number of rotatable bonds is 7. The summed E-state index contributed by atoms with van der Waals surface area (Å²) in [5.74, 6) is 1.65. The van der Waals surface area contributed by atoms with Gasteiger partial charge in [0.25, 0.3) is 0 Å². The number of ether oxygens (including phenoxy) is 1. The number of aryl methyl sites for hydroxylation is 1. The van der Waals surface area contributed by atoms with Gasteiger partial charge >= 0.3 is 0 Å². The van der Waals surface area contributed by atoms with E-state index in [9.17, 15) is 0 Å². The fourth-order valence-electron chi connectivity index (χ4n) is 1.43. The van der Waals surface area contributed by atoms with Gasteiger partial charge in [0.15, 0.2) is 5.75 Å². The Hall–Kier alpha value is -1.03. The van der Waals surface area contributed by atoms with Crippen LogP contribution >= 0.6 is 0 Å². The molecule has 0 radical (unpaired) electrons. The van der Waals surface area contributed by atoms with Crippen molar-refractivity contribution < 1.29 is 9.84 Å². The second-order valence-electron chi connectivity index (χ2n) is 4.12. The summed E-state index contributed by atoms with van der Waals surface area (Å²) in [5, 5.41) is 12.8. The predicted octanol–water partition coefficient (Wildman–Crippen LogP) is 1.44. The van der Waals surface area contributed by atoms with Gasteiger partial charge in [0.2, 0.25) is 0 Å². The molecule has 1 aromatic heterocycles. The first-order valence-corrected chi connectivity index (χ1v) is 5.64. The molecule has 1 heterocycles. The van der Waals surface area contributed by atoms with Gasteiger partial charge in [-0.25, -0.2) is 0 Å². The molecule has 0 aromatic carbocycles. The van der Waals surface area contributed by atoms with E-state index in [4.69, 9.17) is 9.84 Å². The van der Waals surface area contributed by atoms with E-state index in [1.165, 1.54) is 12.8 Å². The fraction of sp³-hybridized carbons (Fsp3) is 0.727. The maximum atomic E-state index is 8.65. The van der Waals surface area contributed by atoms with Crippen molar-refractivity contribution in [3.05, 3.63) is 12.4 Å². The largest absolute Gasteiger partial charge is 0.490 e. The van der Waals surface area contributed by atoms with Crippen LogP contribution in [-0.2, 0) is 6.54 Å². The molecular formula is C11H18N2O2. The normalized spacial score (nSPS) is 15.5. The molecule has 1 aromatic rings. The van der Waals surface area contributed by atoms with Gasteiger partial charge in [-0.2, -0.15) is 5.10 Å². The lowest BCUT2D eigenvalue weighted by Gasteiger charge is -2.00. The van der Waals surface area contributed by atoms with Crippen molar-refractivity contribution in [2.75, 3.05) is 13.2 Å². The van der Waals surface area contributed by atoms with Crippen LogP contribution in [0.3, 0.4) is 0 Å². The zero-order valence-corrected chi connectivity index (χ0v) is 8.93. The average Bonchev–Trinajstić information content (AvgIpc) is 2.97. The van der Waals surface area contributed by atoms with Gasteiger partial charge in [-0.05, 0) is 31.6 Å². The number of aliphatic hydroxyl groups is 1. The van der Waals surface area contributed by atoms with Crippen molar-refractivity contribution in [3.63, 3.8) is 0 Å². The van der Waals surface area contributed by atoms with E-state index in [-0.39, 0.29) is 6.61 Å². The van der Waals surface area contributed by atoms with Crippen LogP contribution in [0, 0.1) is 5.92 Å². The molecule has 84 valence electrons. The summed E-state index contributed by atoms with van der Waals surface area (Å²) in [6.45, 7) is 1.95. The zero-order valence-electron chi connectivity index (χ0n) is 8.93. The van der Waals surface area contributed by atoms with Crippen molar-refractivity contribution in [2.24, 2.45) is 5.92 Å². The van der Waals surface area contributed by atoms with Gasteiger partial charge < -0.3 is 9.84 Å². The Kier molecular flexibility index (Phi) is 3.61. The summed E-state index contributed by atoms with van der Waals surface area (Å²) in [6, 6.07) is 0. The van der Waals surface area contributed by atoms with E-state index < -0.39 is 0 Å². The number of unbranched alkanes of at least 4 members (excludes halogenated alkanes) is 1. The smallest absolute Gasteiger partial charge is 0.157 e. The summed E-state index contributed by atoms with van der Waals surface area (Å²) in [6.07, 6.45) is 8.11. The van der Waals surface area contributed by atoms with Crippen molar-refractivity contribution >= 4 is 0 Å². The van der Waals surface area contributed by atoms with E-state index in [1.54, 1.807) is 6.20 Å². The van der Waals surface area contributed by atoms with E-state index in [1.807, 2.05) is 10.9 Å². The van der Waals surface area contributed by atoms with Crippen LogP contribution in [0.1, 0.15) is 25.7 Å². The van der Waals surface area contributed by atoms with Gasteiger partial charge in [0.1, 0.15) is 0 Å². The van der Waals surface area contributed by atoms with Crippen LogP contribution in [-0.4, -0.2) is 28.1 Å². The molecule has 0 atom stereocenters. The lowest BCUT2D eigenvalue weighted by Crippen LogP contribution is -2.00. The molecule has 1 fully saturated rings. The first-order valence-electron chi connectivity index (χ1n) is 5.64. The van der Waals surface area contributed by atoms with Gasteiger partial charge in [-0.3, -0.25) is 4.68 Å². The second-order valence-corrected chi connectivity index (χ2v) is 4.12. The Balaban J connectivity index is 1.70. The number of hydrogen-bond acceptors (Lipinski definition) is 3. The Morgan fingerprint density at radius 2 is 2.33 bits per heavy atom. The molecule has 0 aliphatic heterocycles. The first-order chi connectivity index (χ1) is 7.38. The number of hydrogen-bond donors (Lipinski definition) is 1. The zero-order chi connectivity index (χ0) is 10.5. The SMILES string of the molecule is OCCCCn1cc(OCC2CC2)cn1. The number of aromatic nitrogens is 2. The van der Waals surface area contributed by atoms with Crippen LogP contribution < -0.4 is 4.74 Å². The molecule has 4 nitrogen and oxygen atoms in total. The molecule has 0 unspecified atom stereocenters. The molecule has 1 N–H and O–H groups in total. The van der Waals surface area contributed by atoms with Crippen molar-refractivity contribution in [1.82, 2.24) is 9.78 Å². The lowest BCUT2D eigenvalue weighted by molar-refractivity contribution is 0.280. The minimum Gasteiger partial charge on any atom is -0.490 e. The van der Waals surface area contributed by atoms with Crippen LogP contribution in [0.25, 0.3) is 0 Å². The molecular weight excluding hydrogens is 192 g/mol. The second kappa shape index (κ2) is 5.16. The molecule has 0 amide bonds. The summed E-state index contributed by atoms with van der Waals surface area (Å²) in [5.41, 5.74) is 0. The minimum atomic E-state index is 0.256. The third-order valence-corrected chi connectivity index (χ3v) is 2.59. The molecule has 0 spiro atoms. The quantitative estimate of drug-likeness (QED) is 0.693. The predicted molar refractivity (Wildman–Crippen MR) is 56.8 cm³/mol. The highest BCUT2D eigenvalue weighted by Crippen LogP contribution is 2.29. The van der Waals surface area contributed by atoms with Crippen molar-refractivity contribution in [1.29, 1.82) is 0 Å². The highest BCUT2D eigenvalue weighted by Gasteiger charge is 2.22. The lowest BCUT2D eigenvalue weighted by atomic mass is 10.3. The molecule has 0 saturated heterocycles. The Labute approximate surface area is 89.9 Å². The highest BCUT2D eigenvalue weighted by atomic mass is 16.5. The summed E-state index contributed by atoms with van der Waals surface area (Å²) in [7, 11) is 0. The standard InChI is InChI=1S/C11H18N2O2/c14-6-2-1-5-13-8-11(7-12-13)15-9-10-3-4-10/h7-8,10,14H,1-6,9H2. The third-order valence-electron chi connectivity index (χ3n) is 2.59. The topological polar surface area (TPSA) is 47.3 Å². The van der Waals surface area contributed by atoms with Crippen molar-refractivity contribution in [3.8, 4) is 5.75 Å². The van der Waals surface area contributed by atoms with Gasteiger partial charge in [0, 0.05) is 13.2 Å². The summed E-state index contributed by atoms with van der Waals surface area (Å²) in [4.78, 5) is 0. The molecule has 1 aliphatic carbocycles. The first kappa shape index (κ1) is 10.5. The van der Waals surface area contributed by atoms with Gasteiger partial charge in [0.05, 0.1) is 19.0 Å². The van der Waals surface area contributed by atoms with Crippen LogP contribution in [0.5, 0.6) is 5.75 Å². The summed E-state index contributed by atoms with van der Waals surface area (Å²) >= 11 is 0. The monoisotopic (exact) mass is 210 g/mol. The Bertz CT molecular complexity index is 295. The van der Waals surface area contributed by atoms with E-state index in [0.29, 0.717) is 0 Å².